The smallest absolute Gasteiger partial charge is 0.342 e. The van der Waals surface area contributed by atoms with Gasteiger partial charge in [0, 0.05) is 6.20 Å². The Balaban J connectivity index is 1.61. The SMILES string of the molecule is N#Cc1ccc(COC(=O)c2cn(-c3ccccc3)nc2-c2cccs2)cc1. The van der Waals surface area contributed by atoms with Crippen molar-refractivity contribution < 1.29 is 9.53 Å². The highest BCUT2D eigenvalue weighted by molar-refractivity contribution is 7.13. The summed E-state index contributed by atoms with van der Waals surface area (Å²) in [5, 5.41) is 15.4. The Hall–Kier alpha value is -3.69. The number of carbonyl (C=O) groups is 1. The number of hydrogen-bond donors (Lipinski definition) is 0. The number of para-hydroxylation sites is 1. The number of ether oxygens (including phenoxy) is 1. The number of aromatic nitrogens is 2. The van der Waals surface area contributed by atoms with E-state index >= 15 is 0 Å². The molecule has 2 aromatic heterocycles. The number of nitrogens with zero attached hydrogens (tertiary/aromatic N) is 3. The predicted octanol–water partition coefficient (Wildman–Crippen LogP) is 4.83. The third-order valence-electron chi connectivity index (χ3n) is 4.16. The fourth-order valence-electron chi connectivity index (χ4n) is 2.73. The molecule has 0 aliphatic heterocycles. The molecule has 0 unspecified atom stereocenters. The minimum absolute atomic E-state index is 0.130. The Kier molecular flexibility index (Phi) is 5.00. The lowest BCUT2D eigenvalue weighted by Gasteiger charge is -2.04. The van der Waals surface area contributed by atoms with Crippen LogP contribution in [0.5, 0.6) is 0 Å². The van der Waals surface area contributed by atoms with E-state index in [1.807, 2.05) is 47.8 Å². The van der Waals surface area contributed by atoms with Gasteiger partial charge in [-0.15, -0.1) is 11.3 Å². The van der Waals surface area contributed by atoms with Crippen LogP contribution in [0.15, 0.2) is 78.3 Å². The molecule has 28 heavy (non-hydrogen) atoms. The zero-order valence-electron chi connectivity index (χ0n) is 14.8. The summed E-state index contributed by atoms with van der Waals surface area (Å²) in [5.41, 5.74) is 3.27. The first-order valence-corrected chi connectivity index (χ1v) is 9.48. The predicted molar refractivity (Wildman–Crippen MR) is 107 cm³/mol. The van der Waals surface area contributed by atoms with Gasteiger partial charge in [0.2, 0.25) is 0 Å². The normalized spacial score (nSPS) is 10.4. The van der Waals surface area contributed by atoms with E-state index in [4.69, 9.17) is 10.00 Å². The Labute approximate surface area is 166 Å². The lowest BCUT2D eigenvalue weighted by atomic mass is 10.1. The van der Waals surface area contributed by atoms with Crippen LogP contribution in [-0.2, 0) is 11.3 Å². The Morgan fingerprint density at radius 1 is 1.07 bits per heavy atom. The molecule has 0 spiro atoms. The molecule has 0 amide bonds. The average Bonchev–Trinajstić information content (AvgIpc) is 3.43. The lowest BCUT2D eigenvalue weighted by Crippen LogP contribution is -2.05. The molecule has 0 bridgehead atoms. The van der Waals surface area contributed by atoms with Crippen LogP contribution >= 0.6 is 11.3 Å². The van der Waals surface area contributed by atoms with Crippen LogP contribution in [0.1, 0.15) is 21.5 Å². The van der Waals surface area contributed by atoms with Gasteiger partial charge >= 0.3 is 5.97 Å². The molecule has 0 aliphatic rings. The van der Waals surface area contributed by atoms with Crippen molar-refractivity contribution in [1.82, 2.24) is 9.78 Å². The topological polar surface area (TPSA) is 67.9 Å². The number of esters is 1. The van der Waals surface area contributed by atoms with Gasteiger partial charge < -0.3 is 4.74 Å². The van der Waals surface area contributed by atoms with Crippen molar-refractivity contribution in [2.45, 2.75) is 6.61 Å². The quantitative estimate of drug-likeness (QED) is 0.462. The first-order chi connectivity index (χ1) is 13.7. The Bertz CT molecular complexity index is 1130. The molecule has 0 aliphatic carbocycles. The minimum Gasteiger partial charge on any atom is -0.457 e. The molecule has 5 nitrogen and oxygen atoms in total. The summed E-state index contributed by atoms with van der Waals surface area (Å²) < 4.78 is 7.19. The third-order valence-corrected chi connectivity index (χ3v) is 5.04. The van der Waals surface area contributed by atoms with Crippen LogP contribution in [0.3, 0.4) is 0 Å². The molecular weight excluding hydrogens is 370 g/mol. The molecule has 0 radical (unpaired) electrons. The maximum Gasteiger partial charge on any atom is 0.342 e. The van der Waals surface area contributed by atoms with Crippen LogP contribution in [0, 0.1) is 11.3 Å². The molecule has 2 aromatic carbocycles. The van der Waals surface area contributed by atoms with E-state index in [0.717, 1.165) is 16.1 Å². The number of rotatable bonds is 5. The second-order valence-corrected chi connectivity index (χ2v) is 6.98. The largest absolute Gasteiger partial charge is 0.457 e. The van der Waals surface area contributed by atoms with Crippen molar-refractivity contribution in [2.24, 2.45) is 0 Å². The highest BCUT2D eigenvalue weighted by Gasteiger charge is 2.20. The summed E-state index contributed by atoms with van der Waals surface area (Å²) in [6.07, 6.45) is 1.70. The average molecular weight is 385 g/mol. The Morgan fingerprint density at radius 3 is 2.54 bits per heavy atom. The van der Waals surface area contributed by atoms with Crippen LogP contribution in [-0.4, -0.2) is 15.7 Å². The van der Waals surface area contributed by atoms with Crippen molar-refractivity contribution in [2.75, 3.05) is 0 Å². The molecule has 2 heterocycles. The van der Waals surface area contributed by atoms with Gasteiger partial charge in [-0.2, -0.15) is 10.4 Å². The molecule has 0 saturated heterocycles. The van der Waals surface area contributed by atoms with Crippen LogP contribution < -0.4 is 0 Å². The molecule has 0 saturated carbocycles. The lowest BCUT2D eigenvalue weighted by molar-refractivity contribution is 0.0473. The monoisotopic (exact) mass is 385 g/mol. The molecule has 0 N–H and O–H groups in total. The van der Waals surface area contributed by atoms with Gasteiger partial charge in [-0.25, -0.2) is 9.48 Å². The zero-order chi connectivity index (χ0) is 19.3. The van der Waals surface area contributed by atoms with E-state index < -0.39 is 5.97 Å². The highest BCUT2D eigenvalue weighted by Crippen LogP contribution is 2.28. The molecule has 0 atom stereocenters. The van der Waals surface area contributed by atoms with Gasteiger partial charge in [-0.3, -0.25) is 0 Å². The highest BCUT2D eigenvalue weighted by atomic mass is 32.1. The van der Waals surface area contributed by atoms with Gasteiger partial charge in [-0.1, -0.05) is 36.4 Å². The van der Waals surface area contributed by atoms with Crippen molar-refractivity contribution >= 4 is 17.3 Å². The first kappa shape index (κ1) is 17.7. The zero-order valence-corrected chi connectivity index (χ0v) is 15.6. The van der Waals surface area contributed by atoms with E-state index in [1.54, 1.807) is 35.1 Å². The number of nitriles is 1. The van der Waals surface area contributed by atoms with Gasteiger partial charge in [-0.05, 0) is 41.3 Å². The van der Waals surface area contributed by atoms with Crippen molar-refractivity contribution in [1.29, 1.82) is 5.26 Å². The van der Waals surface area contributed by atoms with E-state index in [0.29, 0.717) is 16.8 Å². The number of hydrogen-bond acceptors (Lipinski definition) is 5. The number of thiophene rings is 1. The van der Waals surface area contributed by atoms with Crippen molar-refractivity contribution in [3.63, 3.8) is 0 Å². The summed E-state index contributed by atoms with van der Waals surface area (Å²) in [7, 11) is 0. The van der Waals surface area contributed by atoms with Crippen molar-refractivity contribution in [3.8, 4) is 22.3 Å². The molecule has 6 heteroatoms. The fraction of sp³-hybridized carbons (Fsp3) is 0.0455. The standard InChI is InChI=1S/C22H15N3O2S/c23-13-16-8-10-17(11-9-16)15-27-22(26)19-14-25(18-5-2-1-3-6-18)24-21(19)20-7-4-12-28-20/h1-12,14H,15H2. The number of benzene rings is 2. The third kappa shape index (κ3) is 3.70. The molecule has 4 aromatic rings. The maximum atomic E-state index is 12.8. The molecular formula is C22H15N3O2S. The van der Waals surface area contributed by atoms with Crippen LogP contribution in [0.4, 0.5) is 0 Å². The van der Waals surface area contributed by atoms with Gasteiger partial charge in [0.15, 0.2) is 0 Å². The second kappa shape index (κ2) is 7.91. The first-order valence-electron chi connectivity index (χ1n) is 8.60. The minimum atomic E-state index is -0.435. The van der Waals surface area contributed by atoms with Crippen molar-refractivity contribution in [3.05, 3.63) is 95.0 Å². The summed E-state index contributed by atoms with van der Waals surface area (Å²) in [6.45, 7) is 0.130. The van der Waals surface area contributed by atoms with E-state index in [9.17, 15) is 4.79 Å². The van der Waals surface area contributed by atoms with E-state index in [1.165, 1.54) is 11.3 Å². The summed E-state index contributed by atoms with van der Waals surface area (Å²) in [4.78, 5) is 13.7. The van der Waals surface area contributed by atoms with E-state index in [2.05, 4.69) is 11.2 Å². The summed E-state index contributed by atoms with van der Waals surface area (Å²) in [6, 6.07) is 22.5. The summed E-state index contributed by atoms with van der Waals surface area (Å²) >= 11 is 1.52. The molecule has 4 rings (SSSR count). The van der Waals surface area contributed by atoms with Gasteiger partial charge in [0.1, 0.15) is 17.9 Å². The van der Waals surface area contributed by atoms with Crippen LogP contribution in [0.25, 0.3) is 16.3 Å². The number of carbonyl (C=O) groups excluding carboxylic acids is 1. The van der Waals surface area contributed by atoms with Crippen LogP contribution in [0.2, 0.25) is 0 Å². The van der Waals surface area contributed by atoms with E-state index in [-0.39, 0.29) is 6.61 Å². The van der Waals surface area contributed by atoms with Gasteiger partial charge in [0.05, 0.1) is 22.2 Å². The Morgan fingerprint density at radius 2 is 1.86 bits per heavy atom. The van der Waals surface area contributed by atoms with Gasteiger partial charge in [0.25, 0.3) is 0 Å². The molecule has 136 valence electrons. The maximum absolute atomic E-state index is 12.8. The molecule has 0 fully saturated rings. The fourth-order valence-corrected chi connectivity index (χ4v) is 3.46. The second-order valence-electron chi connectivity index (χ2n) is 6.03. The summed E-state index contributed by atoms with van der Waals surface area (Å²) in [5.74, 6) is -0.435.